The third-order valence-corrected chi connectivity index (χ3v) is 7.26. The summed E-state index contributed by atoms with van der Waals surface area (Å²) >= 11 is 0. The van der Waals surface area contributed by atoms with Crippen LogP contribution in [0.5, 0.6) is 17.2 Å². The van der Waals surface area contributed by atoms with Gasteiger partial charge < -0.3 is 24.0 Å². The van der Waals surface area contributed by atoms with E-state index in [-0.39, 0.29) is 11.8 Å². The van der Waals surface area contributed by atoms with Gasteiger partial charge in [-0.05, 0) is 48.1 Å². The first kappa shape index (κ1) is 29.1. The molecule has 0 spiro atoms. The van der Waals surface area contributed by atoms with Gasteiger partial charge in [-0.1, -0.05) is 63.1 Å². The van der Waals surface area contributed by atoms with E-state index < -0.39 is 12.1 Å². The zero-order chi connectivity index (χ0) is 27.7. The molecular formula is C31H42N2O5. The van der Waals surface area contributed by atoms with Crippen LogP contribution in [0.4, 0.5) is 0 Å². The number of benzene rings is 2. The molecule has 2 atom stereocenters. The Hall–Kier alpha value is -3.48. The number of allylic oxidation sites excluding steroid dienone is 1. The van der Waals surface area contributed by atoms with Crippen molar-refractivity contribution >= 4 is 11.8 Å². The van der Waals surface area contributed by atoms with Crippen molar-refractivity contribution in [3.8, 4) is 28.4 Å². The van der Waals surface area contributed by atoms with Crippen molar-refractivity contribution in [2.75, 3.05) is 34.9 Å². The highest BCUT2D eigenvalue weighted by Gasteiger charge is 2.42. The van der Waals surface area contributed by atoms with Crippen LogP contribution in [0.1, 0.15) is 51.5 Å². The second-order valence-corrected chi connectivity index (χ2v) is 9.66. The van der Waals surface area contributed by atoms with Crippen molar-refractivity contribution in [2.45, 2.75) is 64.5 Å². The van der Waals surface area contributed by atoms with Gasteiger partial charge in [0.1, 0.15) is 12.1 Å². The number of piperazine rings is 1. The maximum Gasteiger partial charge on any atom is 0.246 e. The molecule has 0 saturated carbocycles. The molecule has 2 aromatic carbocycles. The minimum Gasteiger partial charge on any atom is -0.493 e. The molecule has 7 heteroatoms. The number of amides is 2. The fourth-order valence-corrected chi connectivity index (χ4v) is 4.99. The molecule has 1 aliphatic heterocycles. The predicted molar refractivity (Wildman–Crippen MR) is 151 cm³/mol. The van der Waals surface area contributed by atoms with Crippen LogP contribution < -0.4 is 14.2 Å². The van der Waals surface area contributed by atoms with Crippen LogP contribution in [0, 0.1) is 0 Å². The number of rotatable bonds is 13. The fraction of sp³-hybridized carbons (Fsp3) is 0.484. The molecule has 3 rings (SSSR count). The summed E-state index contributed by atoms with van der Waals surface area (Å²) in [6, 6.07) is 10.9. The number of carbonyl (C=O) groups is 2. The third-order valence-electron chi connectivity index (χ3n) is 7.26. The van der Waals surface area contributed by atoms with Crippen LogP contribution in [-0.4, -0.2) is 68.6 Å². The van der Waals surface area contributed by atoms with Gasteiger partial charge in [0.25, 0.3) is 0 Å². The Labute approximate surface area is 227 Å². The molecule has 1 heterocycles. The lowest BCUT2D eigenvalue weighted by Gasteiger charge is -2.43. The first-order valence-corrected chi connectivity index (χ1v) is 13.5. The van der Waals surface area contributed by atoms with E-state index in [1.54, 1.807) is 38.2 Å². The highest BCUT2D eigenvalue weighted by atomic mass is 16.5. The maximum absolute atomic E-state index is 13.6. The molecule has 2 aromatic rings. The average Bonchev–Trinajstić information content (AvgIpc) is 2.95. The molecule has 0 unspecified atom stereocenters. The van der Waals surface area contributed by atoms with Crippen LogP contribution in [-0.2, 0) is 16.0 Å². The van der Waals surface area contributed by atoms with Crippen LogP contribution in [0.2, 0.25) is 0 Å². The number of ether oxygens (including phenoxy) is 3. The zero-order valence-electron chi connectivity index (χ0n) is 23.7. The van der Waals surface area contributed by atoms with Crippen LogP contribution in [0.15, 0.2) is 48.6 Å². The van der Waals surface area contributed by atoms with E-state index >= 15 is 0 Å². The van der Waals surface area contributed by atoms with E-state index in [9.17, 15) is 9.59 Å². The van der Waals surface area contributed by atoms with Gasteiger partial charge in [-0.15, -0.1) is 0 Å². The number of methoxy groups -OCH3 is 3. The Morgan fingerprint density at radius 3 is 2.03 bits per heavy atom. The lowest BCUT2D eigenvalue weighted by atomic mass is 9.95. The molecule has 0 bridgehead atoms. The Morgan fingerprint density at radius 1 is 0.816 bits per heavy atom. The van der Waals surface area contributed by atoms with Gasteiger partial charge in [0.2, 0.25) is 17.6 Å². The Kier molecular flexibility index (Phi) is 10.6. The van der Waals surface area contributed by atoms with E-state index in [0.29, 0.717) is 36.6 Å². The number of nitrogens with zero attached hydrogens (tertiary/aromatic N) is 2. The van der Waals surface area contributed by atoms with Gasteiger partial charge in [-0.25, -0.2) is 0 Å². The summed E-state index contributed by atoms with van der Waals surface area (Å²) in [5.74, 6) is 1.73. The number of carbonyl (C=O) groups excluding carboxylic acids is 2. The molecule has 206 valence electrons. The number of likely N-dealkylation sites (N-methyl/N-ethyl adjacent to an activating group) is 1. The van der Waals surface area contributed by atoms with E-state index in [1.165, 1.54) is 12.8 Å². The Morgan fingerprint density at radius 2 is 1.47 bits per heavy atom. The second kappa shape index (κ2) is 13.9. The highest BCUT2D eigenvalue weighted by molar-refractivity contribution is 5.97. The molecule has 1 aliphatic rings. The van der Waals surface area contributed by atoms with Crippen molar-refractivity contribution in [3.05, 3.63) is 54.1 Å². The predicted octanol–water partition coefficient (Wildman–Crippen LogP) is 5.51. The summed E-state index contributed by atoms with van der Waals surface area (Å²) in [6.45, 7) is 4.62. The first-order chi connectivity index (χ1) is 18.4. The van der Waals surface area contributed by atoms with E-state index in [0.717, 1.165) is 29.5 Å². The monoisotopic (exact) mass is 522 g/mol. The topological polar surface area (TPSA) is 68.3 Å². The quantitative estimate of drug-likeness (QED) is 0.256. The van der Waals surface area contributed by atoms with E-state index in [2.05, 4.69) is 13.0 Å². The largest absolute Gasteiger partial charge is 0.493 e. The maximum atomic E-state index is 13.6. The van der Waals surface area contributed by atoms with Crippen molar-refractivity contribution in [1.29, 1.82) is 0 Å². The van der Waals surface area contributed by atoms with Crippen molar-refractivity contribution < 1.29 is 23.8 Å². The molecule has 7 nitrogen and oxygen atoms in total. The lowest BCUT2D eigenvalue weighted by Crippen LogP contribution is -2.63. The zero-order valence-corrected chi connectivity index (χ0v) is 23.7. The number of hydrogen-bond acceptors (Lipinski definition) is 5. The molecule has 1 fully saturated rings. The van der Waals surface area contributed by atoms with E-state index in [4.69, 9.17) is 14.2 Å². The second-order valence-electron chi connectivity index (χ2n) is 9.66. The smallest absolute Gasteiger partial charge is 0.246 e. The lowest BCUT2D eigenvalue weighted by molar-refractivity contribution is -0.159. The molecular weight excluding hydrogens is 480 g/mol. The van der Waals surface area contributed by atoms with Gasteiger partial charge in [-0.2, -0.15) is 0 Å². The van der Waals surface area contributed by atoms with Gasteiger partial charge in [0, 0.05) is 20.0 Å². The minimum absolute atomic E-state index is 0.00512. The van der Waals surface area contributed by atoms with Crippen LogP contribution >= 0.6 is 0 Å². The summed E-state index contributed by atoms with van der Waals surface area (Å²) in [5.41, 5.74) is 2.90. The van der Waals surface area contributed by atoms with Crippen molar-refractivity contribution in [3.63, 3.8) is 0 Å². The molecule has 38 heavy (non-hydrogen) atoms. The molecule has 2 amide bonds. The fourth-order valence-electron chi connectivity index (χ4n) is 4.99. The average molecular weight is 523 g/mol. The van der Waals surface area contributed by atoms with Gasteiger partial charge >= 0.3 is 0 Å². The number of unbranched alkanes of at least 4 members (excludes halogenated alkanes) is 3. The molecule has 0 aliphatic carbocycles. The Balaban J connectivity index is 1.78. The van der Waals surface area contributed by atoms with E-state index in [1.807, 2.05) is 49.4 Å². The van der Waals surface area contributed by atoms with Crippen molar-refractivity contribution in [2.24, 2.45) is 0 Å². The van der Waals surface area contributed by atoms with Crippen LogP contribution in [0.3, 0.4) is 0 Å². The molecule has 0 radical (unpaired) electrons. The summed E-state index contributed by atoms with van der Waals surface area (Å²) in [5, 5.41) is 0. The van der Waals surface area contributed by atoms with Crippen molar-refractivity contribution in [1.82, 2.24) is 9.80 Å². The standard InChI is InChI=1S/C31H42N2O5/c1-7-9-10-11-12-13-18-33-25(8-2)30(34)32(3)26(31(33)35)19-22-14-16-23(17-15-22)24-20-27(36-4)29(38-6)28(21-24)37-5/h12-17,20-21,25-26H,7-11,18-19H2,1-6H3/t25-,26-/m0/s1. The summed E-state index contributed by atoms with van der Waals surface area (Å²) < 4.78 is 16.4. The van der Waals surface area contributed by atoms with Gasteiger partial charge in [0.15, 0.2) is 11.5 Å². The third kappa shape index (κ3) is 6.50. The molecule has 1 saturated heterocycles. The van der Waals surface area contributed by atoms with Gasteiger partial charge in [0.05, 0.1) is 21.3 Å². The normalized spacial score (nSPS) is 17.8. The summed E-state index contributed by atoms with van der Waals surface area (Å²) in [7, 11) is 6.52. The Bertz CT molecular complexity index is 1090. The first-order valence-electron chi connectivity index (χ1n) is 13.5. The summed E-state index contributed by atoms with van der Waals surface area (Å²) in [4.78, 5) is 30.1. The number of hydrogen-bond donors (Lipinski definition) is 0. The molecule has 0 aromatic heterocycles. The minimum atomic E-state index is -0.522. The molecule has 0 N–H and O–H groups in total. The highest BCUT2D eigenvalue weighted by Crippen LogP contribution is 2.41. The van der Waals surface area contributed by atoms with Gasteiger partial charge in [-0.3, -0.25) is 9.59 Å². The SMILES string of the molecule is CCCCCC=CCN1C(=O)[C@H](Cc2ccc(-c3cc(OC)c(OC)c(OC)c3)cc2)N(C)C(=O)[C@@H]1CC. The summed E-state index contributed by atoms with van der Waals surface area (Å²) in [6.07, 6.45) is 9.78. The van der Waals surface area contributed by atoms with Crippen LogP contribution in [0.25, 0.3) is 11.1 Å².